The zero-order valence-electron chi connectivity index (χ0n) is 6.41. The van der Waals surface area contributed by atoms with E-state index in [0.29, 0.717) is 0 Å². The van der Waals surface area contributed by atoms with Crippen molar-refractivity contribution < 1.29 is 8.42 Å². The smallest absolute Gasteiger partial charge is 0.188 e. The van der Waals surface area contributed by atoms with Gasteiger partial charge in [0.25, 0.3) is 0 Å². The highest BCUT2D eigenvalue weighted by Crippen LogP contribution is 2.11. The second-order valence-electron chi connectivity index (χ2n) is 1.98. The van der Waals surface area contributed by atoms with Crippen molar-refractivity contribution in [3.8, 4) is 0 Å². The number of hydrogen-bond acceptors (Lipinski definition) is 3. The van der Waals surface area contributed by atoms with Crippen LogP contribution in [0.2, 0.25) is 5.02 Å². The maximum atomic E-state index is 8.67. The Kier molecular flexibility index (Phi) is 5.32. The van der Waals surface area contributed by atoms with E-state index in [2.05, 4.69) is 0 Å². The summed E-state index contributed by atoms with van der Waals surface area (Å²) in [6.45, 7) is 1.99. The van der Waals surface area contributed by atoms with Crippen molar-refractivity contribution in [2.75, 3.05) is 0 Å². The number of halogens is 1. The van der Waals surface area contributed by atoms with Crippen molar-refractivity contribution >= 4 is 22.1 Å². The first kappa shape index (κ1) is 11.1. The van der Waals surface area contributed by atoms with E-state index in [0.717, 1.165) is 10.6 Å². The highest BCUT2D eigenvalue weighted by atomic mass is 35.5. The summed E-state index contributed by atoms with van der Waals surface area (Å²) in [7, 11) is -2.61. The summed E-state index contributed by atoms with van der Waals surface area (Å²) in [5.41, 5.74) is 1.13. The van der Waals surface area contributed by atoms with E-state index in [-0.39, 0.29) is 0 Å². The summed E-state index contributed by atoms with van der Waals surface area (Å²) < 4.78 is 22.8. The predicted molar refractivity (Wildman–Crippen MR) is 47.8 cm³/mol. The molecule has 1 aromatic carbocycles. The van der Waals surface area contributed by atoms with E-state index in [9.17, 15) is 0 Å². The van der Waals surface area contributed by atoms with Crippen LogP contribution in [-0.4, -0.2) is 8.42 Å². The van der Waals surface area contributed by atoms with Gasteiger partial charge in [0, 0.05) is 5.02 Å². The molecule has 1 rings (SSSR count). The minimum absolute atomic E-state index is 0.840. The molecule has 3 nitrogen and oxygen atoms in total. The molecular formula is C7H8ClNO2S. The van der Waals surface area contributed by atoms with Crippen LogP contribution in [0.5, 0.6) is 0 Å². The third kappa shape index (κ3) is 5.88. The fourth-order valence-electron chi connectivity index (χ4n) is 0.551. The lowest BCUT2D eigenvalue weighted by Gasteiger charge is -1.90. The summed E-state index contributed by atoms with van der Waals surface area (Å²) in [6.07, 6.45) is 0. The fourth-order valence-corrected chi connectivity index (χ4v) is 0.687. The largest absolute Gasteiger partial charge is 0.308 e. The van der Waals surface area contributed by atoms with E-state index in [1.54, 1.807) is 0 Å². The molecule has 0 aliphatic carbocycles. The van der Waals surface area contributed by atoms with E-state index in [4.69, 9.17) is 24.8 Å². The van der Waals surface area contributed by atoms with Gasteiger partial charge in [0.15, 0.2) is 0 Å². The molecule has 0 aliphatic rings. The Morgan fingerprint density at radius 1 is 1.33 bits per heavy atom. The second-order valence-corrected chi connectivity index (χ2v) is 2.86. The van der Waals surface area contributed by atoms with Gasteiger partial charge >= 0.3 is 10.5 Å². The zero-order valence-corrected chi connectivity index (χ0v) is 7.98. The van der Waals surface area contributed by atoms with Crippen molar-refractivity contribution in [1.29, 1.82) is 4.78 Å². The third-order valence-electron chi connectivity index (χ3n) is 1.08. The lowest BCUT2D eigenvalue weighted by molar-refractivity contribution is 0.620. The van der Waals surface area contributed by atoms with Gasteiger partial charge in [-0.15, -0.1) is 0 Å². The third-order valence-corrected chi connectivity index (χ3v) is 1.50. The average molecular weight is 206 g/mol. The van der Waals surface area contributed by atoms with Crippen molar-refractivity contribution in [3.63, 3.8) is 0 Å². The maximum absolute atomic E-state index is 8.67. The maximum Gasteiger partial charge on any atom is 0.308 e. The molecule has 5 heteroatoms. The minimum Gasteiger partial charge on any atom is -0.188 e. The molecule has 0 amide bonds. The Morgan fingerprint density at radius 2 is 1.75 bits per heavy atom. The van der Waals surface area contributed by atoms with E-state index < -0.39 is 10.5 Å². The normalized spacial score (nSPS) is 8.17. The molecule has 0 saturated heterocycles. The number of hydrogen-bond donors (Lipinski definition) is 1. The van der Waals surface area contributed by atoms with Crippen molar-refractivity contribution in [1.82, 2.24) is 0 Å². The second kappa shape index (κ2) is 5.74. The lowest BCUT2D eigenvalue weighted by atomic mass is 10.2. The molecule has 1 aromatic rings. The predicted octanol–water partition coefficient (Wildman–Crippen LogP) is 2.28. The van der Waals surface area contributed by atoms with Crippen LogP contribution in [0.4, 0.5) is 0 Å². The molecule has 0 atom stereocenters. The molecule has 0 aromatic heterocycles. The topological polar surface area (TPSA) is 58.0 Å². The molecule has 66 valence electrons. The number of nitrogens with one attached hydrogen (secondary N) is 1. The minimum atomic E-state index is -2.61. The highest BCUT2D eigenvalue weighted by Gasteiger charge is 1.86. The van der Waals surface area contributed by atoms with Crippen LogP contribution >= 0.6 is 11.6 Å². The molecule has 0 heterocycles. The number of rotatable bonds is 0. The molecule has 0 radical (unpaired) electrons. The molecule has 12 heavy (non-hydrogen) atoms. The van der Waals surface area contributed by atoms with Crippen LogP contribution in [0.1, 0.15) is 5.56 Å². The Labute approximate surface area is 77.5 Å². The summed E-state index contributed by atoms with van der Waals surface area (Å²) in [6, 6.07) is 7.77. The first-order valence-corrected chi connectivity index (χ1v) is 4.51. The fraction of sp³-hybridized carbons (Fsp3) is 0.143. The van der Waals surface area contributed by atoms with Gasteiger partial charge < -0.3 is 0 Å². The highest BCUT2D eigenvalue weighted by molar-refractivity contribution is 7.60. The average Bonchev–Trinajstić information content (AvgIpc) is 1.94. The van der Waals surface area contributed by atoms with E-state index in [1.165, 1.54) is 0 Å². The zero-order chi connectivity index (χ0) is 9.56. The van der Waals surface area contributed by atoms with Gasteiger partial charge in [0.05, 0.1) is 0 Å². The van der Waals surface area contributed by atoms with Crippen LogP contribution < -0.4 is 0 Å². The van der Waals surface area contributed by atoms with Gasteiger partial charge in [-0.25, -0.2) is 0 Å². The van der Waals surface area contributed by atoms with Crippen LogP contribution in [0.25, 0.3) is 0 Å². The molecule has 0 saturated carbocycles. The molecule has 0 fully saturated rings. The first-order valence-electron chi connectivity index (χ1n) is 3.05. The van der Waals surface area contributed by atoms with Gasteiger partial charge in [0.2, 0.25) is 0 Å². The van der Waals surface area contributed by atoms with Gasteiger partial charge in [-0.3, -0.25) is 0 Å². The van der Waals surface area contributed by atoms with Crippen LogP contribution in [0.3, 0.4) is 0 Å². The van der Waals surface area contributed by atoms with Crippen LogP contribution in [-0.2, 0) is 10.5 Å². The molecule has 0 bridgehead atoms. The van der Waals surface area contributed by atoms with Gasteiger partial charge in [-0.2, -0.15) is 13.2 Å². The summed E-state index contributed by atoms with van der Waals surface area (Å²) in [4.78, 5) is 0. The first-order chi connectivity index (χ1) is 5.54. The Hall–Kier alpha value is -0.870. The van der Waals surface area contributed by atoms with Gasteiger partial charge in [-0.05, 0) is 18.6 Å². The Morgan fingerprint density at radius 3 is 2.00 bits per heavy atom. The molecule has 0 spiro atoms. The molecule has 0 aliphatic heterocycles. The van der Waals surface area contributed by atoms with Crippen molar-refractivity contribution in [2.45, 2.75) is 6.92 Å². The number of benzene rings is 1. The number of aryl methyl sites for hydroxylation is 1. The van der Waals surface area contributed by atoms with Crippen molar-refractivity contribution in [2.24, 2.45) is 0 Å². The SMILES string of the molecule is Cc1ccccc1Cl.N=S(=O)=O. The standard InChI is InChI=1S/C7H7Cl.HNO2S/c1-6-4-2-3-5-7(6)8;1-4(2)3/h2-5H,1H3;1H. The van der Waals surface area contributed by atoms with Gasteiger partial charge in [0.1, 0.15) is 0 Å². The monoisotopic (exact) mass is 205 g/mol. The Bertz CT molecular complexity index is 319. The van der Waals surface area contributed by atoms with Crippen LogP contribution in [0.15, 0.2) is 24.3 Å². The summed E-state index contributed by atoms with van der Waals surface area (Å²) in [5.74, 6) is 0. The van der Waals surface area contributed by atoms with Crippen LogP contribution in [0, 0.1) is 11.7 Å². The summed E-state index contributed by atoms with van der Waals surface area (Å²) >= 11 is 5.71. The molecule has 1 N–H and O–H groups in total. The van der Waals surface area contributed by atoms with E-state index >= 15 is 0 Å². The molecular weight excluding hydrogens is 198 g/mol. The van der Waals surface area contributed by atoms with Gasteiger partial charge in [-0.1, -0.05) is 29.8 Å². The summed E-state index contributed by atoms with van der Waals surface area (Å²) in [5, 5.41) is 0.840. The Balaban J connectivity index is 0.000000261. The lowest BCUT2D eigenvalue weighted by Crippen LogP contribution is -1.68. The van der Waals surface area contributed by atoms with Crippen molar-refractivity contribution in [3.05, 3.63) is 34.9 Å². The quantitative estimate of drug-likeness (QED) is 0.707. The molecule has 0 unspecified atom stereocenters. The van der Waals surface area contributed by atoms with E-state index in [1.807, 2.05) is 31.2 Å².